The van der Waals surface area contributed by atoms with Crippen molar-refractivity contribution in [1.29, 1.82) is 0 Å². The third-order valence-electron chi connectivity index (χ3n) is 3.94. The highest BCUT2D eigenvalue weighted by Gasteiger charge is 2.30. The summed E-state index contributed by atoms with van der Waals surface area (Å²) in [7, 11) is 1.66. The molecular weight excluding hydrogens is 353 g/mol. The zero-order chi connectivity index (χ0) is 18.2. The van der Waals surface area contributed by atoms with Crippen LogP contribution in [-0.4, -0.2) is 9.36 Å². The molecule has 1 heterocycles. The van der Waals surface area contributed by atoms with E-state index in [1.165, 1.54) is 23.0 Å². The summed E-state index contributed by atoms with van der Waals surface area (Å²) in [5.41, 5.74) is 0.0321. The molecule has 1 aromatic heterocycles. The first-order chi connectivity index (χ1) is 11.8. The molecule has 0 aliphatic heterocycles. The van der Waals surface area contributed by atoms with Crippen molar-refractivity contribution in [1.82, 2.24) is 9.36 Å². The molecule has 0 N–H and O–H groups in total. The van der Waals surface area contributed by atoms with E-state index in [1.807, 2.05) is 6.07 Å². The Morgan fingerprint density at radius 2 is 1.80 bits per heavy atom. The number of benzene rings is 2. The van der Waals surface area contributed by atoms with Gasteiger partial charge in [0.2, 0.25) is 0 Å². The zero-order valence-corrected chi connectivity index (χ0v) is 14.0. The van der Waals surface area contributed by atoms with Crippen LogP contribution in [0.1, 0.15) is 11.1 Å². The van der Waals surface area contributed by atoms with Crippen LogP contribution in [0.3, 0.4) is 0 Å². The van der Waals surface area contributed by atoms with Gasteiger partial charge >= 0.3 is 6.18 Å². The highest BCUT2D eigenvalue weighted by molar-refractivity contribution is 6.31. The highest BCUT2D eigenvalue weighted by atomic mass is 35.5. The van der Waals surface area contributed by atoms with E-state index >= 15 is 0 Å². The average molecular weight is 367 g/mol. The second-order valence-corrected chi connectivity index (χ2v) is 6.06. The maximum Gasteiger partial charge on any atom is 0.416 e. The lowest BCUT2D eigenvalue weighted by Gasteiger charge is -2.08. The van der Waals surface area contributed by atoms with Crippen LogP contribution >= 0.6 is 11.6 Å². The van der Waals surface area contributed by atoms with E-state index in [2.05, 4.69) is 0 Å². The quantitative estimate of drug-likeness (QED) is 0.667. The number of hydrogen-bond acceptors (Lipinski definition) is 1. The molecular formula is C18H14ClF3N2O. The van der Waals surface area contributed by atoms with Crippen LogP contribution in [0.2, 0.25) is 5.02 Å². The Bertz CT molecular complexity index is 973. The lowest BCUT2D eigenvalue weighted by molar-refractivity contribution is -0.137. The maximum absolute atomic E-state index is 12.9. The number of rotatable bonds is 3. The molecule has 130 valence electrons. The van der Waals surface area contributed by atoms with Gasteiger partial charge in [0.25, 0.3) is 5.56 Å². The van der Waals surface area contributed by atoms with Crippen molar-refractivity contribution in [2.45, 2.75) is 12.7 Å². The smallest absolute Gasteiger partial charge is 0.292 e. The number of alkyl halides is 3. The Balaban J connectivity index is 2.04. The van der Waals surface area contributed by atoms with Gasteiger partial charge in [0.05, 0.1) is 17.7 Å². The molecule has 0 fully saturated rings. The molecule has 0 radical (unpaired) electrons. The third kappa shape index (κ3) is 3.49. The minimum atomic E-state index is -4.46. The van der Waals surface area contributed by atoms with Crippen molar-refractivity contribution in [2.24, 2.45) is 7.05 Å². The summed E-state index contributed by atoms with van der Waals surface area (Å²) in [5, 5.41) is 0.524. The van der Waals surface area contributed by atoms with Gasteiger partial charge in [-0.05, 0) is 29.3 Å². The van der Waals surface area contributed by atoms with E-state index in [9.17, 15) is 18.0 Å². The summed E-state index contributed by atoms with van der Waals surface area (Å²) < 4.78 is 41.7. The first-order valence-corrected chi connectivity index (χ1v) is 7.82. The standard InChI is InChI=1S/C18H14ClF3N2O/c1-23-11-15(12-6-4-7-14(9-12)18(20,21)22)17(25)24(23)10-13-5-2-3-8-16(13)19/h2-9,11H,10H2,1H3. The van der Waals surface area contributed by atoms with Gasteiger partial charge in [0.1, 0.15) is 0 Å². The Hall–Kier alpha value is -2.47. The normalized spacial score (nSPS) is 11.7. The lowest BCUT2D eigenvalue weighted by Crippen LogP contribution is -2.22. The molecule has 2 aromatic carbocycles. The minimum absolute atomic E-state index is 0.209. The van der Waals surface area contributed by atoms with Crippen molar-refractivity contribution >= 4 is 11.6 Å². The molecule has 0 saturated heterocycles. The Morgan fingerprint density at radius 3 is 2.48 bits per heavy atom. The largest absolute Gasteiger partial charge is 0.416 e. The van der Waals surface area contributed by atoms with Gasteiger partial charge in [-0.25, -0.2) is 4.68 Å². The topological polar surface area (TPSA) is 26.9 Å². The summed E-state index contributed by atoms with van der Waals surface area (Å²) in [6, 6.07) is 11.9. The van der Waals surface area contributed by atoms with Crippen LogP contribution in [0.4, 0.5) is 13.2 Å². The molecule has 3 aromatic rings. The summed E-state index contributed by atoms with van der Waals surface area (Å²) >= 11 is 6.12. The number of aromatic nitrogens is 2. The highest BCUT2D eigenvalue weighted by Crippen LogP contribution is 2.31. The third-order valence-corrected chi connectivity index (χ3v) is 4.31. The molecule has 7 heteroatoms. The second kappa shape index (κ2) is 6.44. The van der Waals surface area contributed by atoms with Crippen molar-refractivity contribution in [2.75, 3.05) is 0 Å². The number of aryl methyl sites for hydroxylation is 1. The van der Waals surface area contributed by atoms with Crippen LogP contribution in [0.5, 0.6) is 0 Å². The number of hydrogen-bond donors (Lipinski definition) is 0. The molecule has 0 unspecified atom stereocenters. The number of halogens is 4. The predicted molar refractivity (Wildman–Crippen MR) is 90.7 cm³/mol. The molecule has 3 rings (SSSR count). The van der Waals surface area contributed by atoms with Crippen LogP contribution in [0.25, 0.3) is 11.1 Å². The Morgan fingerprint density at radius 1 is 1.08 bits per heavy atom. The van der Waals surface area contributed by atoms with Crippen LogP contribution < -0.4 is 5.56 Å². The van der Waals surface area contributed by atoms with E-state index in [0.29, 0.717) is 5.02 Å². The molecule has 0 amide bonds. The van der Waals surface area contributed by atoms with Crippen molar-refractivity contribution < 1.29 is 13.2 Å². The Labute approximate surface area is 146 Å². The van der Waals surface area contributed by atoms with Gasteiger partial charge in [-0.2, -0.15) is 13.2 Å². The van der Waals surface area contributed by atoms with E-state index in [1.54, 1.807) is 29.9 Å². The van der Waals surface area contributed by atoms with E-state index < -0.39 is 11.7 Å². The van der Waals surface area contributed by atoms with Gasteiger partial charge < -0.3 is 0 Å². The molecule has 0 aliphatic rings. The van der Waals surface area contributed by atoms with Gasteiger partial charge in [0.15, 0.2) is 0 Å². The molecule has 0 spiro atoms. The summed E-state index contributed by atoms with van der Waals surface area (Å²) in [6.07, 6.45) is -2.93. The minimum Gasteiger partial charge on any atom is -0.292 e. The first-order valence-electron chi connectivity index (χ1n) is 7.45. The first kappa shape index (κ1) is 17.4. The van der Waals surface area contributed by atoms with Crippen molar-refractivity contribution in [3.05, 3.63) is 81.2 Å². The second-order valence-electron chi connectivity index (χ2n) is 5.65. The lowest BCUT2D eigenvalue weighted by atomic mass is 10.1. The van der Waals surface area contributed by atoms with Gasteiger partial charge in [0, 0.05) is 18.3 Å². The summed E-state index contributed by atoms with van der Waals surface area (Å²) in [4.78, 5) is 12.7. The predicted octanol–water partition coefficient (Wildman–Crippen LogP) is 4.57. The zero-order valence-electron chi connectivity index (χ0n) is 13.2. The molecule has 0 atom stereocenters. The van der Waals surface area contributed by atoms with Gasteiger partial charge in [-0.3, -0.25) is 9.48 Å². The summed E-state index contributed by atoms with van der Waals surface area (Å²) in [6.45, 7) is 0.230. The van der Waals surface area contributed by atoms with E-state index in [-0.39, 0.29) is 23.2 Å². The van der Waals surface area contributed by atoms with E-state index in [0.717, 1.165) is 17.7 Å². The fourth-order valence-electron chi connectivity index (χ4n) is 2.63. The summed E-state index contributed by atoms with van der Waals surface area (Å²) in [5.74, 6) is 0. The van der Waals surface area contributed by atoms with Crippen molar-refractivity contribution in [3.63, 3.8) is 0 Å². The fourth-order valence-corrected chi connectivity index (χ4v) is 2.82. The van der Waals surface area contributed by atoms with Crippen LogP contribution in [0, 0.1) is 0 Å². The number of nitrogens with zero attached hydrogens (tertiary/aromatic N) is 2. The molecule has 3 nitrogen and oxygen atoms in total. The molecule has 0 saturated carbocycles. The molecule has 25 heavy (non-hydrogen) atoms. The fraction of sp³-hybridized carbons (Fsp3) is 0.167. The maximum atomic E-state index is 12.9. The van der Waals surface area contributed by atoms with Gasteiger partial charge in [-0.15, -0.1) is 0 Å². The SMILES string of the molecule is Cn1cc(-c2cccc(C(F)(F)F)c2)c(=O)n1Cc1ccccc1Cl. The van der Waals surface area contributed by atoms with Crippen LogP contribution in [-0.2, 0) is 19.8 Å². The van der Waals surface area contributed by atoms with Crippen LogP contribution in [0.15, 0.2) is 59.5 Å². The monoisotopic (exact) mass is 366 g/mol. The van der Waals surface area contributed by atoms with E-state index in [4.69, 9.17) is 11.6 Å². The van der Waals surface area contributed by atoms with Gasteiger partial charge in [-0.1, -0.05) is 41.9 Å². The Kier molecular flexibility index (Phi) is 4.47. The van der Waals surface area contributed by atoms with Crippen molar-refractivity contribution in [3.8, 4) is 11.1 Å². The average Bonchev–Trinajstić information content (AvgIpc) is 2.84. The molecule has 0 bridgehead atoms. The molecule has 0 aliphatic carbocycles.